The molecule has 2 N–H and O–H groups in total. The summed E-state index contributed by atoms with van der Waals surface area (Å²) in [5.41, 5.74) is 5.49. The molecule has 1 heterocycles. The van der Waals surface area contributed by atoms with E-state index in [1.165, 1.54) is 0 Å². The molecule has 74 valence electrons. The summed E-state index contributed by atoms with van der Waals surface area (Å²) in [5, 5.41) is 11.4. The largest absolute Gasteiger partial charge is 0.324 e. The normalized spacial score (nSPS) is 12.0. The van der Waals surface area contributed by atoms with Crippen molar-refractivity contribution < 1.29 is 0 Å². The van der Waals surface area contributed by atoms with Crippen molar-refractivity contribution >= 4 is 0 Å². The monoisotopic (exact) mass is 183 g/mol. The van der Waals surface area contributed by atoms with Crippen molar-refractivity contribution in [2.45, 2.75) is 45.7 Å². The van der Waals surface area contributed by atoms with Gasteiger partial charge in [0, 0.05) is 0 Å². The van der Waals surface area contributed by atoms with Gasteiger partial charge in [0.1, 0.15) is 0 Å². The van der Waals surface area contributed by atoms with E-state index in [9.17, 15) is 0 Å². The summed E-state index contributed by atoms with van der Waals surface area (Å²) < 4.78 is 1.82. The summed E-state index contributed by atoms with van der Waals surface area (Å²) in [6.45, 7) is 6.77. The van der Waals surface area contributed by atoms with E-state index in [-0.39, 0.29) is 5.54 Å². The molecule has 1 aromatic rings. The van der Waals surface area contributed by atoms with Gasteiger partial charge in [-0.3, -0.25) is 0 Å². The van der Waals surface area contributed by atoms with Gasteiger partial charge in [-0.2, -0.15) is 0 Å². The molecule has 0 unspecified atom stereocenters. The lowest BCUT2D eigenvalue weighted by atomic mass is 9.99. The Morgan fingerprint density at radius 1 is 1.46 bits per heavy atom. The molecule has 1 aromatic heterocycles. The van der Waals surface area contributed by atoms with Gasteiger partial charge in [-0.15, -0.1) is 5.10 Å². The fourth-order valence-corrected chi connectivity index (χ4v) is 1.52. The van der Waals surface area contributed by atoms with Crippen LogP contribution in [0.25, 0.3) is 0 Å². The highest BCUT2D eigenvalue weighted by Gasteiger charge is 2.23. The Labute approximate surface area is 78.3 Å². The zero-order valence-corrected chi connectivity index (χ0v) is 8.49. The fraction of sp³-hybridized carbons (Fsp3) is 0.875. The number of aromatic nitrogens is 4. The predicted octanol–water partition coefficient (Wildman–Crippen LogP) is 0.667. The molecule has 1 rings (SSSR count). The first-order valence-electron chi connectivity index (χ1n) is 4.59. The number of tetrazole rings is 1. The summed E-state index contributed by atoms with van der Waals surface area (Å²) >= 11 is 0. The van der Waals surface area contributed by atoms with Crippen LogP contribution in [0.2, 0.25) is 0 Å². The van der Waals surface area contributed by atoms with Crippen LogP contribution in [0.15, 0.2) is 0 Å². The maximum Gasteiger partial charge on any atom is 0.165 e. The van der Waals surface area contributed by atoms with Gasteiger partial charge >= 0.3 is 0 Å². The lowest BCUT2D eigenvalue weighted by Gasteiger charge is -2.24. The average Bonchev–Trinajstić information content (AvgIpc) is 2.51. The molecule has 0 aliphatic rings. The van der Waals surface area contributed by atoms with E-state index >= 15 is 0 Å². The van der Waals surface area contributed by atoms with Gasteiger partial charge < -0.3 is 5.73 Å². The molecule has 0 aromatic carbocycles. The van der Waals surface area contributed by atoms with Gasteiger partial charge in [0.05, 0.1) is 12.1 Å². The van der Waals surface area contributed by atoms with Gasteiger partial charge in [0.2, 0.25) is 0 Å². The van der Waals surface area contributed by atoms with Gasteiger partial charge in [0.25, 0.3) is 0 Å². The third-order valence-electron chi connectivity index (χ3n) is 2.15. The molecule has 5 heteroatoms. The Kier molecular flexibility index (Phi) is 2.98. The van der Waals surface area contributed by atoms with E-state index in [0.717, 1.165) is 18.7 Å². The highest BCUT2D eigenvalue weighted by molar-refractivity contribution is 4.87. The second-order valence-corrected chi connectivity index (χ2v) is 3.77. The molecule has 0 radical (unpaired) electrons. The zero-order chi connectivity index (χ0) is 9.90. The van der Waals surface area contributed by atoms with Crippen molar-refractivity contribution in [1.29, 1.82) is 0 Å². The van der Waals surface area contributed by atoms with E-state index < -0.39 is 0 Å². The highest BCUT2D eigenvalue weighted by Crippen LogP contribution is 2.20. The molecule has 0 atom stereocenters. The van der Waals surface area contributed by atoms with Crippen LogP contribution in [-0.2, 0) is 12.1 Å². The minimum absolute atomic E-state index is 0.0348. The van der Waals surface area contributed by atoms with E-state index in [2.05, 4.69) is 36.3 Å². The summed E-state index contributed by atoms with van der Waals surface area (Å²) in [6, 6.07) is 0. The molecule has 0 amide bonds. The molecule has 0 saturated heterocycles. The molecule has 5 nitrogen and oxygen atoms in total. The van der Waals surface area contributed by atoms with Crippen LogP contribution in [0.5, 0.6) is 0 Å². The van der Waals surface area contributed by atoms with Crippen LogP contribution >= 0.6 is 0 Å². The van der Waals surface area contributed by atoms with Crippen LogP contribution in [0, 0.1) is 0 Å². The van der Waals surface area contributed by atoms with E-state index in [0.29, 0.717) is 6.54 Å². The number of nitrogens with two attached hydrogens (primary N) is 1. The average molecular weight is 183 g/mol. The maximum absolute atomic E-state index is 5.52. The molecule has 13 heavy (non-hydrogen) atoms. The van der Waals surface area contributed by atoms with Crippen LogP contribution in [-0.4, -0.2) is 20.2 Å². The Morgan fingerprint density at radius 3 is 2.69 bits per heavy atom. The second kappa shape index (κ2) is 3.83. The first-order valence-corrected chi connectivity index (χ1v) is 4.59. The molecular formula is C8H17N5. The highest BCUT2D eigenvalue weighted by atomic mass is 15.6. The van der Waals surface area contributed by atoms with Crippen molar-refractivity contribution in [2.75, 3.05) is 0 Å². The molecular weight excluding hydrogens is 166 g/mol. The molecule has 0 aliphatic heterocycles. The van der Waals surface area contributed by atoms with Gasteiger partial charge in [-0.05, 0) is 30.7 Å². The molecule has 0 spiro atoms. The maximum atomic E-state index is 5.52. The van der Waals surface area contributed by atoms with Crippen LogP contribution in [0.3, 0.4) is 0 Å². The van der Waals surface area contributed by atoms with E-state index in [4.69, 9.17) is 5.73 Å². The second-order valence-electron chi connectivity index (χ2n) is 3.77. The number of rotatable bonds is 4. The number of hydrogen-bond donors (Lipinski definition) is 1. The number of hydrogen-bond acceptors (Lipinski definition) is 4. The van der Waals surface area contributed by atoms with Crippen molar-refractivity contribution in [3.05, 3.63) is 5.82 Å². The van der Waals surface area contributed by atoms with Gasteiger partial charge in [-0.25, -0.2) is 4.68 Å². The minimum Gasteiger partial charge on any atom is -0.324 e. The first kappa shape index (κ1) is 10.1. The van der Waals surface area contributed by atoms with Crippen LogP contribution in [0.4, 0.5) is 0 Å². The summed E-state index contributed by atoms with van der Waals surface area (Å²) in [6.07, 6.45) is 2.15. The van der Waals surface area contributed by atoms with Gasteiger partial charge in [0.15, 0.2) is 5.82 Å². The predicted molar refractivity (Wildman–Crippen MR) is 49.9 cm³/mol. The summed E-state index contributed by atoms with van der Waals surface area (Å²) in [4.78, 5) is 0. The summed E-state index contributed by atoms with van der Waals surface area (Å²) in [5.74, 6) is 0.749. The SMILES string of the molecule is CCCC(C)(C)n1nnnc1CN. The lowest BCUT2D eigenvalue weighted by molar-refractivity contribution is 0.277. The minimum atomic E-state index is -0.0348. The quantitative estimate of drug-likeness (QED) is 0.744. The topological polar surface area (TPSA) is 69.6 Å². The van der Waals surface area contributed by atoms with Crippen molar-refractivity contribution in [3.63, 3.8) is 0 Å². The third kappa shape index (κ3) is 2.03. The lowest BCUT2D eigenvalue weighted by Crippen LogP contribution is -2.30. The molecule has 0 fully saturated rings. The summed E-state index contributed by atoms with van der Waals surface area (Å²) in [7, 11) is 0. The Morgan fingerprint density at radius 2 is 2.15 bits per heavy atom. The zero-order valence-electron chi connectivity index (χ0n) is 8.49. The van der Waals surface area contributed by atoms with Crippen LogP contribution in [0.1, 0.15) is 39.4 Å². The third-order valence-corrected chi connectivity index (χ3v) is 2.15. The first-order chi connectivity index (χ1) is 6.11. The fourth-order valence-electron chi connectivity index (χ4n) is 1.52. The smallest absolute Gasteiger partial charge is 0.165 e. The standard InChI is InChI=1S/C8H17N5/c1-4-5-8(2,3)13-7(6-9)10-11-12-13/h4-6,9H2,1-3H3. The van der Waals surface area contributed by atoms with Crippen molar-refractivity contribution in [1.82, 2.24) is 20.2 Å². The Balaban J connectivity index is 2.91. The number of nitrogens with zero attached hydrogens (tertiary/aromatic N) is 4. The van der Waals surface area contributed by atoms with Crippen molar-refractivity contribution in [3.8, 4) is 0 Å². The Hall–Kier alpha value is -0.970. The van der Waals surface area contributed by atoms with Gasteiger partial charge in [-0.1, -0.05) is 13.3 Å². The van der Waals surface area contributed by atoms with Crippen molar-refractivity contribution in [2.24, 2.45) is 5.73 Å². The van der Waals surface area contributed by atoms with E-state index in [1.807, 2.05) is 4.68 Å². The molecule has 0 aliphatic carbocycles. The van der Waals surface area contributed by atoms with Crippen LogP contribution < -0.4 is 5.73 Å². The molecule has 0 bridgehead atoms. The Bertz CT molecular complexity index is 265. The molecule has 0 saturated carbocycles. The van der Waals surface area contributed by atoms with E-state index in [1.54, 1.807) is 0 Å².